The largest absolute Gasteiger partial charge is 0.358 e. The molecule has 2 atom stereocenters. The van der Waals surface area contributed by atoms with E-state index in [2.05, 4.69) is 16.0 Å². The number of hydrogen-bond acceptors (Lipinski definition) is 3. The molecule has 0 radical (unpaired) electrons. The number of nitrogens with zero attached hydrogens (tertiary/aromatic N) is 1. The van der Waals surface area contributed by atoms with Crippen molar-refractivity contribution in [2.45, 2.75) is 32.2 Å². The Morgan fingerprint density at radius 1 is 1.31 bits per heavy atom. The fraction of sp³-hybridized carbons (Fsp3) is 0.500. The Kier molecular flexibility index (Phi) is 4.44. The molecule has 2 heterocycles. The highest BCUT2D eigenvalue weighted by Crippen LogP contribution is 2.44. The van der Waals surface area contributed by atoms with Crippen LogP contribution in [0.4, 0.5) is 5.69 Å². The number of nitrogens with one attached hydrogen (secondary N) is 3. The molecule has 2 fully saturated rings. The van der Waals surface area contributed by atoms with Crippen LogP contribution in [0.2, 0.25) is 0 Å². The first-order chi connectivity index (χ1) is 12.6. The normalized spacial score (nSPS) is 25.0. The molecule has 1 saturated carbocycles. The average molecular weight is 354 g/mol. The van der Waals surface area contributed by atoms with E-state index in [9.17, 15) is 9.59 Å². The maximum atomic E-state index is 13.1. The van der Waals surface area contributed by atoms with E-state index < -0.39 is 0 Å². The molecule has 6 nitrogen and oxygen atoms in total. The SMILES string of the molecule is CNC(=O)Cn1ccc2ccc(NC(=O)[C@@]34CCCC[C@H]3CNC4)cc21. The molecule has 3 N–H and O–H groups in total. The lowest BCUT2D eigenvalue weighted by Crippen LogP contribution is -2.44. The summed E-state index contributed by atoms with van der Waals surface area (Å²) in [6.45, 7) is 1.99. The highest BCUT2D eigenvalue weighted by molar-refractivity contribution is 5.98. The zero-order valence-electron chi connectivity index (χ0n) is 15.2. The van der Waals surface area contributed by atoms with E-state index in [0.29, 0.717) is 5.92 Å². The Labute approximate surface area is 153 Å². The van der Waals surface area contributed by atoms with E-state index in [4.69, 9.17) is 0 Å². The van der Waals surface area contributed by atoms with Gasteiger partial charge in [0.05, 0.1) is 10.9 Å². The number of rotatable bonds is 4. The molecule has 138 valence electrons. The van der Waals surface area contributed by atoms with Crippen LogP contribution < -0.4 is 16.0 Å². The predicted molar refractivity (Wildman–Crippen MR) is 102 cm³/mol. The van der Waals surface area contributed by atoms with Crippen LogP contribution >= 0.6 is 0 Å². The predicted octanol–water partition coefficient (Wildman–Crippen LogP) is 2.11. The van der Waals surface area contributed by atoms with Gasteiger partial charge in [0.1, 0.15) is 6.54 Å². The molecule has 1 saturated heterocycles. The lowest BCUT2D eigenvalue weighted by atomic mass is 9.67. The molecule has 2 aliphatic rings. The van der Waals surface area contributed by atoms with Crippen LogP contribution in [0.5, 0.6) is 0 Å². The van der Waals surface area contributed by atoms with Gasteiger partial charge in [0, 0.05) is 25.5 Å². The smallest absolute Gasteiger partial charge is 0.239 e. The number of hydrogen-bond donors (Lipinski definition) is 3. The first kappa shape index (κ1) is 17.1. The fourth-order valence-electron chi connectivity index (χ4n) is 4.58. The zero-order chi connectivity index (χ0) is 18.1. The Bertz CT molecular complexity index is 843. The summed E-state index contributed by atoms with van der Waals surface area (Å²) in [6, 6.07) is 7.89. The third kappa shape index (κ3) is 2.88. The van der Waals surface area contributed by atoms with Crippen molar-refractivity contribution in [3.63, 3.8) is 0 Å². The summed E-state index contributed by atoms with van der Waals surface area (Å²) < 4.78 is 1.91. The van der Waals surface area contributed by atoms with Crippen molar-refractivity contribution in [1.82, 2.24) is 15.2 Å². The highest BCUT2D eigenvalue weighted by Gasteiger charge is 2.49. The Morgan fingerprint density at radius 2 is 2.19 bits per heavy atom. The second kappa shape index (κ2) is 6.76. The lowest BCUT2D eigenvalue weighted by Gasteiger charge is -2.37. The summed E-state index contributed by atoms with van der Waals surface area (Å²) in [7, 11) is 1.63. The number of amides is 2. The standard InChI is InChI=1S/C20H26N4O2/c1-21-18(25)12-24-9-7-14-5-6-16(10-17(14)24)23-19(26)20-8-3-2-4-15(20)11-22-13-20/h5-7,9-10,15,22H,2-4,8,11-13H2,1H3,(H,21,25)(H,23,26)/t15-,20+/m0/s1. The van der Waals surface area contributed by atoms with Gasteiger partial charge < -0.3 is 20.5 Å². The van der Waals surface area contributed by atoms with E-state index in [1.54, 1.807) is 7.05 Å². The summed E-state index contributed by atoms with van der Waals surface area (Å²) in [4.78, 5) is 24.8. The van der Waals surface area contributed by atoms with Crippen LogP contribution in [0.25, 0.3) is 10.9 Å². The number of benzene rings is 1. The first-order valence-corrected chi connectivity index (χ1v) is 9.44. The van der Waals surface area contributed by atoms with Gasteiger partial charge in [0.2, 0.25) is 11.8 Å². The summed E-state index contributed by atoms with van der Waals surface area (Å²) in [5, 5.41) is 10.3. The molecule has 2 amide bonds. The second-order valence-corrected chi connectivity index (χ2v) is 7.57. The minimum absolute atomic E-state index is 0.0436. The van der Waals surface area contributed by atoms with E-state index in [1.807, 2.05) is 35.0 Å². The van der Waals surface area contributed by atoms with Crippen molar-refractivity contribution >= 4 is 28.4 Å². The van der Waals surface area contributed by atoms with Gasteiger partial charge in [0.25, 0.3) is 0 Å². The van der Waals surface area contributed by atoms with Gasteiger partial charge in [-0.3, -0.25) is 9.59 Å². The van der Waals surface area contributed by atoms with Crippen molar-refractivity contribution in [1.29, 1.82) is 0 Å². The third-order valence-corrected chi connectivity index (χ3v) is 6.11. The van der Waals surface area contributed by atoms with E-state index in [0.717, 1.165) is 48.9 Å². The van der Waals surface area contributed by atoms with Gasteiger partial charge >= 0.3 is 0 Å². The van der Waals surface area contributed by atoms with Crippen LogP contribution in [0.15, 0.2) is 30.5 Å². The molecule has 1 aromatic heterocycles. The van der Waals surface area contributed by atoms with Gasteiger partial charge in [-0.1, -0.05) is 18.9 Å². The third-order valence-electron chi connectivity index (χ3n) is 6.11. The minimum Gasteiger partial charge on any atom is -0.358 e. The molecule has 0 bridgehead atoms. The van der Waals surface area contributed by atoms with Crippen molar-refractivity contribution in [2.24, 2.45) is 11.3 Å². The van der Waals surface area contributed by atoms with Gasteiger partial charge in [-0.25, -0.2) is 0 Å². The van der Waals surface area contributed by atoms with Crippen molar-refractivity contribution < 1.29 is 9.59 Å². The average Bonchev–Trinajstić information content (AvgIpc) is 3.26. The molecular weight excluding hydrogens is 328 g/mol. The number of aromatic nitrogens is 1. The summed E-state index contributed by atoms with van der Waals surface area (Å²) in [5.74, 6) is 0.533. The van der Waals surface area contributed by atoms with Crippen molar-refractivity contribution in [3.05, 3.63) is 30.5 Å². The number of likely N-dealkylation sites (N-methyl/N-ethyl adjacent to an activating group) is 1. The molecule has 0 unspecified atom stereocenters. The van der Waals surface area contributed by atoms with Crippen LogP contribution in [-0.4, -0.2) is 36.5 Å². The summed E-state index contributed by atoms with van der Waals surface area (Å²) in [6.07, 6.45) is 6.35. The zero-order valence-corrected chi connectivity index (χ0v) is 15.2. The Balaban J connectivity index is 1.58. The molecule has 26 heavy (non-hydrogen) atoms. The quantitative estimate of drug-likeness (QED) is 0.787. The molecule has 1 aliphatic heterocycles. The highest BCUT2D eigenvalue weighted by atomic mass is 16.2. The van der Waals surface area contributed by atoms with Crippen LogP contribution in [0.1, 0.15) is 25.7 Å². The summed E-state index contributed by atoms with van der Waals surface area (Å²) in [5.41, 5.74) is 1.48. The van der Waals surface area contributed by atoms with Crippen LogP contribution in [0.3, 0.4) is 0 Å². The number of carbonyl (C=O) groups excluding carboxylic acids is 2. The van der Waals surface area contributed by atoms with E-state index in [1.165, 1.54) is 6.42 Å². The molecular formula is C20H26N4O2. The van der Waals surface area contributed by atoms with Crippen LogP contribution in [-0.2, 0) is 16.1 Å². The van der Waals surface area contributed by atoms with Crippen LogP contribution in [0, 0.1) is 11.3 Å². The monoisotopic (exact) mass is 354 g/mol. The first-order valence-electron chi connectivity index (χ1n) is 9.44. The molecule has 0 spiro atoms. The van der Waals surface area contributed by atoms with Crippen molar-refractivity contribution in [3.8, 4) is 0 Å². The Morgan fingerprint density at radius 3 is 3.04 bits per heavy atom. The molecule has 1 aliphatic carbocycles. The van der Waals surface area contributed by atoms with E-state index in [-0.39, 0.29) is 23.8 Å². The fourth-order valence-corrected chi connectivity index (χ4v) is 4.58. The van der Waals surface area contributed by atoms with Gasteiger partial charge in [-0.05, 0) is 48.9 Å². The minimum atomic E-state index is -0.267. The number of anilines is 1. The maximum Gasteiger partial charge on any atom is 0.239 e. The van der Waals surface area contributed by atoms with Gasteiger partial charge in [-0.2, -0.15) is 0 Å². The molecule has 2 aromatic rings. The number of carbonyl (C=O) groups is 2. The maximum absolute atomic E-state index is 13.1. The Hall–Kier alpha value is -2.34. The summed E-state index contributed by atoms with van der Waals surface area (Å²) >= 11 is 0. The molecule has 1 aromatic carbocycles. The van der Waals surface area contributed by atoms with Gasteiger partial charge in [0.15, 0.2) is 0 Å². The van der Waals surface area contributed by atoms with Crippen molar-refractivity contribution in [2.75, 3.05) is 25.5 Å². The number of fused-ring (bicyclic) bond motifs is 2. The lowest BCUT2D eigenvalue weighted by molar-refractivity contribution is -0.128. The second-order valence-electron chi connectivity index (χ2n) is 7.57. The molecule has 6 heteroatoms. The van der Waals surface area contributed by atoms with Gasteiger partial charge in [-0.15, -0.1) is 0 Å². The topological polar surface area (TPSA) is 75.2 Å². The van der Waals surface area contributed by atoms with E-state index >= 15 is 0 Å². The molecule has 4 rings (SSSR count).